The van der Waals surface area contributed by atoms with Gasteiger partial charge >= 0.3 is 0 Å². The van der Waals surface area contributed by atoms with Gasteiger partial charge in [-0.1, -0.05) is 30.1 Å². The number of benzene rings is 2. The summed E-state index contributed by atoms with van der Waals surface area (Å²) in [5, 5.41) is 3.83. The van der Waals surface area contributed by atoms with Gasteiger partial charge in [-0.25, -0.2) is 0 Å². The van der Waals surface area contributed by atoms with Crippen molar-refractivity contribution in [3.63, 3.8) is 0 Å². The fourth-order valence-electron chi connectivity index (χ4n) is 1.97. The van der Waals surface area contributed by atoms with Crippen molar-refractivity contribution in [3.05, 3.63) is 52.5 Å². The average Bonchev–Trinajstić information content (AvgIpc) is 2.54. The highest BCUT2D eigenvalue weighted by Crippen LogP contribution is 2.27. The maximum Gasteiger partial charge on any atom is 0.265 e. The molecule has 1 amide bonds. The van der Waals surface area contributed by atoms with Gasteiger partial charge in [0.1, 0.15) is 11.5 Å². The van der Waals surface area contributed by atoms with Crippen LogP contribution in [0, 0.1) is 0 Å². The first-order valence-corrected chi connectivity index (χ1v) is 7.85. The Morgan fingerprint density at radius 1 is 1.17 bits per heavy atom. The van der Waals surface area contributed by atoms with Crippen LogP contribution in [0.15, 0.2) is 42.5 Å². The zero-order valence-corrected chi connectivity index (χ0v) is 14.3. The van der Waals surface area contributed by atoms with Gasteiger partial charge in [-0.05, 0) is 48.9 Å². The molecule has 6 heteroatoms. The number of hydrogen-bond donors (Lipinski definition) is 1. The number of carbonyl (C=O) groups is 1. The summed E-state index contributed by atoms with van der Waals surface area (Å²) in [5.74, 6) is 0.891. The van der Waals surface area contributed by atoms with Crippen LogP contribution in [0.5, 0.6) is 11.5 Å². The maximum atomic E-state index is 12.3. The third-order valence-corrected chi connectivity index (χ3v) is 3.72. The van der Waals surface area contributed by atoms with E-state index in [4.69, 9.17) is 32.7 Å². The monoisotopic (exact) mass is 353 g/mol. The number of methoxy groups -OCH3 is 1. The lowest BCUT2D eigenvalue weighted by Crippen LogP contribution is -2.32. The minimum Gasteiger partial charge on any atom is -0.495 e. The molecule has 0 saturated carbocycles. The molecule has 0 heterocycles. The minimum absolute atomic E-state index is 0.247. The molecule has 0 bridgehead atoms. The quantitative estimate of drug-likeness (QED) is 0.811. The number of anilines is 1. The number of rotatable bonds is 6. The highest BCUT2D eigenvalue weighted by Gasteiger charge is 2.19. The van der Waals surface area contributed by atoms with E-state index in [0.29, 0.717) is 33.7 Å². The van der Waals surface area contributed by atoms with Gasteiger partial charge in [0.05, 0.1) is 12.1 Å². The highest BCUT2D eigenvalue weighted by atomic mass is 35.5. The van der Waals surface area contributed by atoms with Crippen LogP contribution in [0.2, 0.25) is 10.0 Å². The van der Waals surface area contributed by atoms with E-state index in [2.05, 4.69) is 5.32 Å². The van der Waals surface area contributed by atoms with Crippen molar-refractivity contribution in [1.29, 1.82) is 0 Å². The molecule has 4 nitrogen and oxygen atoms in total. The number of hydrogen-bond acceptors (Lipinski definition) is 3. The first-order chi connectivity index (χ1) is 11.0. The molecule has 0 spiro atoms. The Bertz CT molecular complexity index is 674. The van der Waals surface area contributed by atoms with E-state index >= 15 is 0 Å². The van der Waals surface area contributed by atoms with E-state index in [1.807, 2.05) is 6.92 Å². The fourth-order valence-corrected chi connectivity index (χ4v) is 2.35. The van der Waals surface area contributed by atoms with Gasteiger partial charge in [-0.15, -0.1) is 0 Å². The largest absolute Gasteiger partial charge is 0.495 e. The highest BCUT2D eigenvalue weighted by molar-refractivity contribution is 6.32. The van der Waals surface area contributed by atoms with Gasteiger partial charge in [0.2, 0.25) is 0 Å². The number of ether oxygens (including phenoxy) is 2. The lowest BCUT2D eigenvalue weighted by molar-refractivity contribution is -0.122. The molecule has 0 radical (unpaired) electrons. The van der Waals surface area contributed by atoms with E-state index in [-0.39, 0.29) is 5.91 Å². The summed E-state index contributed by atoms with van der Waals surface area (Å²) < 4.78 is 10.8. The van der Waals surface area contributed by atoms with Gasteiger partial charge < -0.3 is 14.8 Å². The topological polar surface area (TPSA) is 47.6 Å². The number of amides is 1. The van der Waals surface area contributed by atoms with Crippen LogP contribution in [0.3, 0.4) is 0 Å². The summed E-state index contributed by atoms with van der Waals surface area (Å²) in [7, 11) is 1.53. The van der Waals surface area contributed by atoms with Crippen molar-refractivity contribution in [2.75, 3.05) is 12.4 Å². The van der Waals surface area contributed by atoms with Gasteiger partial charge in [0, 0.05) is 10.7 Å². The van der Waals surface area contributed by atoms with Crippen LogP contribution in [0.1, 0.15) is 13.3 Å². The van der Waals surface area contributed by atoms with Crippen LogP contribution in [0.4, 0.5) is 5.69 Å². The second kappa shape index (κ2) is 8.09. The molecule has 2 aromatic rings. The number of carbonyl (C=O) groups excluding carboxylic acids is 1. The summed E-state index contributed by atoms with van der Waals surface area (Å²) >= 11 is 11.9. The molecule has 0 fully saturated rings. The van der Waals surface area contributed by atoms with Crippen molar-refractivity contribution in [1.82, 2.24) is 0 Å². The van der Waals surface area contributed by atoms with Gasteiger partial charge in [-0.2, -0.15) is 0 Å². The number of halogens is 2. The van der Waals surface area contributed by atoms with E-state index in [1.54, 1.807) is 42.5 Å². The molecule has 0 aliphatic rings. The Morgan fingerprint density at radius 3 is 2.43 bits per heavy atom. The molecular weight excluding hydrogens is 337 g/mol. The van der Waals surface area contributed by atoms with Crippen molar-refractivity contribution < 1.29 is 14.3 Å². The van der Waals surface area contributed by atoms with E-state index < -0.39 is 6.10 Å². The summed E-state index contributed by atoms with van der Waals surface area (Å²) in [6.45, 7) is 1.88. The Morgan fingerprint density at radius 2 is 1.87 bits per heavy atom. The van der Waals surface area contributed by atoms with E-state index in [0.717, 1.165) is 0 Å². The predicted molar refractivity (Wildman–Crippen MR) is 92.8 cm³/mol. The van der Waals surface area contributed by atoms with Crippen molar-refractivity contribution in [2.24, 2.45) is 0 Å². The summed E-state index contributed by atoms with van der Waals surface area (Å²) in [6, 6.07) is 11.9. The van der Waals surface area contributed by atoms with Crippen LogP contribution in [0.25, 0.3) is 0 Å². The smallest absolute Gasteiger partial charge is 0.265 e. The lowest BCUT2D eigenvalue weighted by atomic mass is 10.2. The Balaban J connectivity index is 2.04. The SMILES string of the molecule is CC[C@H](Oc1ccc(Cl)cc1)C(=O)Nc1ccc(OC)c(Cl)c1. The van der Waals surface area contributed by atoms with E-state index in [1.165, 1.54) is 7.11 Å². The first kappa shape index (κ1) is 17.4. The zero-order chi connectivity index (χ0) is 16.8. The third kappa shape index (κ3) is 4.78. The molecular formula is C17H17Cl2NO3. The summed E-state index contributed by atoms with van der Waals surface area (Å²) in [6.07, 6.45) is -0.0877. The molecule has 0 aliphatic carbocycles. The molecule has 0 aliphatic heterocycles. The Labute approximate surface area is 145 Å². The minimum atomic E-state index is -0.614. The summed E-state index contributed by atoms with van der Waals surface area (Å²) in [4.78, 5) is 12.3. The van der Waals surface area contributed by atoms with E-state index in [9.17, 15) is 4.79 Å². The molecule has 0 unspecified atom stereocenters. The zero-order valence-electron chi connectivity index (χ0n) is 12.8. The summed E-state index contributed by atoms with van der Waals surface area (Å²) in [5.41, 5.74) is 0.582. The van der Waals surface area contributed by atoms with Gasteiger partial charge in [0.15, 0.2) is 6.10 Å². The Hall–Kier alpha value is -1.91. The standard InChI is InChI=1S/C17H17Cl2NO3/c1-3-15(23-13-7-4-11(18)5-8-13)17(21)20-12-6-9-16(22-2)14(19)10-12/h4-10,15H,3H2,1-2H3,(H,20,21)/t15-/m0/s1. The second-order valence-corrected chi connectivity index (χ2v) is 5.65. The lowest BCUT2D eigenvalue weighted by Gasteiger charge is -2.17. The van der Waals surface area contributed by atoms with Gasteiger partial charge in [0.25, 0.3) is 5.91 Å². The second-order valence-electron chi connectivity index (χ2n) is 4.81. The van der Waals surface area contributed by atoms with Crippen LogP contribution >= 0.6 is 23.2 Å². The Kier molecular flexibility index (Phi) is 6.13. The first-order valence-electron chi connectivity index (χ1n) is 7.10. The molecule has 23 heavy (non-hydrogen) atoms. The van der Waals surface area contributed by atoms with Crippen LogP contribution < -0.4 is 14.8 Å². The van der Waals surface area contributed by atoms with Crippen molar-refractivity contribution >= 4 is 34.8 Å². The fraction of sp³-hybridized carbons (Fsp3) is 0.235. The molecule has 122 valence electrons. The molecule has 0 saturated heterocycles. The van der Waals surface area contributed by atoms with Crippen LogP contribution in [-0.4, -0.2) is 19.1 Å². The van der Waals surface area contributed by atoms with Gasteiger partial charge in [-0.3, -0.25) is 4.79 Å². The predicted octanol–water partition coefficient (Wildman–Crippen LogP) is 4.80. The normalized spacial score (nSPS) is 11.7. The molecule has 2 aromatic carbocycles. The maximum absolute atomic E-state index is 12.3. The molecule has 1 N–H and O–H groups in total. The number of nitrogens with one attached hydrogen (secondary N) is 1. The molecule has 0 aromatic heterocycles. The van der Waals surface area contributed by atoms with Crippen LogP contribution in [-0.2, 0) is 4.79 Å². The average molecular weight is 354 g/mol. The molecule has 1 atom stereocenters. The molecule has 2 rings (SSSR count). The third-order valence-electron chi connectivity index (χ3n) is 3.17. The van der Waals surface area contributed by atoms with Crippen molar-refractivity contribution in [3.8, 4) is 11.5 Å². The van der Waals surface area contributed by atoms with Crippen molar-refractivity contribution in [2.45, 2.75) is 19.4 Å².